The Labute approximate surface area is 272 Å². The lowest BCUT2D eigenvalue weighted by Crippen LogP contribution is -2.30. The SMILES string of the molecule is Cc1c(COc2cc(OCc3cncc(C#N)c3)c(CO)cc2Cl)cccc1-c1cccc(OCCCNCC(O)CO)c1Cl. The summed E-state index contributed by atoms with van der Waals surface area (Å²) in [6.45, 7) is 3.19. The summed E-state index contributed by atoms with van der Waals surface area (Å²) >= 11 is 13.3. The van der Waals surface area contributed by atoms with Gasteiger partial charge in [0, 0.05) is 41.7 Å². The lowest BCUT2D eigenvalue weighted by Gasteiger charge is -2.17. The quantitative estimate of drug-likeness (QED) is 0.114. The molecule has 1 unspecified atom stereocenters. The Balaban J connectivity index is 1.44. The zero-order valence-corrected chi connectivity index (χ0v) is 26.3. The average molecular weight is 653 g/mol. The van der Waals surface area contributed by atoms with E-state index in [2.05, 4.69) is 16.4 Å². The van der Waals surface area contributed by atoms with Crippen LogP contribution < -0.4 is 19.5 Å². The van der Waals surface area contributed by atoms with Crippen molar-refractivity contribution in [1.29, 1.82) is 5.26 Å². The molecule has 3 aromatic carbocycles. The molecule has 0 aliphatic heterocycles. The second kappa shape index (κ2) is 17.0. The first-order valence-electron chi connectivity index (χ1n) is 14.4. The van der Waals surface area contributed by atoms with Gasteiger partial charge in [0.05, 0.1) is 41.5 Å². The van der Waals surface area contributed by atoms with Gasteiger partial charge in [0.1, 0.15) is 36.5 Å². The molecule has 0 bridgehead atoms. The monoisotopic (exact) mass is 651 g/mol. The van der Waals surface area contributed by atoms with Crippen molar-refractivity contribution in [3.63, 3.8) is 0 Å². The molecule has 9 nitrogen and oxygen atoms in total. The summed E-state index contributed by atoms with van der Waals surface area (Å²) in [5.74, 6) is 1.38. The summed E-state index contributed by atoms with van der Waals surface area (Å²) in [7, 11) is 0. The number of hydrogen-bond donors (Lipinski definition) is 4. The molecule has 0 radical (unpaired) electrons. The summed E-state index contributed by atoms with van der Waals surface area (Å²) in [5.41, 5.74) is 5.31. The molecule has 0 spiro atoms. The fourth-order valence-electron chi connectivity index (χ4n) is 4.56. The number of aliphatic hydroxyl groups is 3. The highest BCUT2D eigenvalue weighted by atomic mass is 35.5. The minimum absolute atomic E-state index is 0.146. The van der Waals surface area contributed by atoms with Crippen LogP contribution in [0, 0.1) is 18.3 Å². The van der Waals surface area contributed by atoms with E-state index < -0.39 is 6.10 Å². The standard InChI is InChI=1S/C34H35Cl2N3O6/c1-22-25(5-2-6-28(22)29-7-3-8-31(34(29)36)43-10-4-9-38-17-27(42)19-41)21-45-33-13-32(26(18-40)12-30(33)35)44-20-24-11-23(14-37)15-39-16-24/h2-3,5-8,11-13,15-16,27,38,40-42H,4,9-10,17-21H2,1H3. The number of nitrogens with zero attached hydrogens (tertiary/aromatic N) is 2. The number of halogens is 2. The molecule has 1 heterocycles. The van der Waals surface area contributed by atoms with Crippen molar-refractivity contribution >= 4 is 23.2 Å². The lowest BCUT2D eigenvalue weighted by molar-refractivity contribution is 0.0942. The van der Waals surface area contributed by atoms with Crippen molar-refractivity contribution in [2.24, 2.45) is 0 Å². The van der Waals surface area contributed by atoms with E-state index in [0.29, 0.717) is 70.1 Å². The summed E-state index contributed by atoms with van der Waals surface area (Å²) in [6, 6.07) is 18.6. The Kier molecular flexibility index (Phi) is 12.8. The van der Waals surface area contributed by atoms with Gasteiger partial charge >= 0.3 is 0 Å². The van der Waals surface area contributed by atoms with Crippen LogP contribution in [0.3, 0.4) is 0 Å². The van der Waals surface area contributed by atoms with E-state index in [0.717, 1.165) is 22.3 Å². The predicted octanol–water partition coefficient (Wildman–Crippen LogP) is 5.60. The number of pyridine rings is 1. The Hall–Kier alpha value is -3.88. The number of aliphatic hydroxyl groups excluding tert-OH is 3. The van der Waals surface area contributed by atoms with Crippen LogP contribution in [0.4, 0.5) is 0 Å². The molecule has 4 N–H and O–H groups in total. The Morgan fingerprint density at radius 3 is 2.47 bits per heavy atom. The molecule has 0 saturated heterocycles. The number of rotatable bonds is 16. The molecule has 0 saturated carbocycles. The van der Waals surface area contributed by atoms with Crippen molar-refractivity contribution in [2.75, 3.05) is 26.3 Å². The van der Waals surface area contributed by atoms with E-state index >= 15 is 0 Å². The Bertz CT molecular complexity index is 1630. The van der Waals surface area contributed by atoms with Gasteiger partial charge in [-0.2, -0.15) is 5.26 Å². The molecule has 4 rings (SSSR count). The van der Waals surface area contributed by atoms with E-state index in [1.165, 1.54) is 6.20 Å². The van der Waals surface area contributed by atoms with Crippen molar-refractivity contribution < 1.29 is 29.5 Å². The topological polar surface area (TPSA) is 137 Å². The van der Waals surface area contributed by atoms with Crippen molar-refractivity contribution in [3.8, 4) is 34.4 Å². The van der Waals surface area contributed by atoms with Crippen LogP contribution in [-0.2, 0) is 19.8 Å². The maximum absolute atomic E-state index is 9.87. The minimum atomic E-state index is -0.778. The first kappa shape index (κ1) is 34.0. The van der Waals surface area contributed by atoms with Gasteiger partial charge < -0.3 is 34.8 Å². The van der Waals surface area contributed by atoms with Crippen LogP contribution in [0.1, 0.15) is 34.2 Å². The fraction of sp³-hybridized carbons (Fsp3) is 0.294. The maximum Gasteiger partial charge on any atom is 0.142 e. The van der Waals surface area contributed by atoms with Gasteiger partial charge in [-0.05, 0) is 54.8 Å². The number of ether oxygens (including phenoxy) is 3. The van der Waals surface area contributed by atoms with Gasteiger partial charge in [-0.3, -0.25) is 4.98 Å². The van der Waals surface area contributed by atoms with Crippen LogP contribution in [0.2, 0.25) is 10.0 Å². The number of nitrogens with one attached hydrogen (secondary N) is 1. The molecule has 1 atom stereocenters. The Morgan fingerprint density at radius 2 is 1.69 bits per heavy atom. The zero-order chi connectivity index (χ0) is 32.2. The van der Waals surface area contributed by atoms with Gasteiger partial charge in [0.2, 0.25) is 0 Å². The number of nitriles is 1. The van der Waals surface area contributed by atoms with Crippen molar-refractivity contribution in [2.45, 2.75) is 39.3 Å². The third-order valence-electron chi connectivity index (χ3n) is 7.03. The second-order valence-electron chi connectivity index (χ2n) is 10.3. The van der Waals surface area contributed by atoms with Crippen molar-refractivity contribution in [3.05, 3.63) is 105 Å². The van der Waals surface area contributed by atoms with Crippen LogP contribution >= 0.6 is 23.2 Å². The molecule has 0 amide bonds. The lowest BCUT2D eigenvalue weighted by atomic mass is 9.96. The molecule has 0 aliphatic carbocycles. The molecular weight excluding hydrogens is 617 g/mol. The van der Waals surface area contributed by atoms with E-state index in [1.807, 2.05) is 43.3 Å². The molecular formula is C34H35Cl2N3O6. The first-order valence-corrected chi connectivity index (χ1v) is 15.1. The van der Waals surface area contributed by atoms with Crippen molar-refractivity contribution in [1.82, 2.24) is 10.3 Å². The summed E-state index contributed by atoms with van der Waals surface area (Å²) in [6.07, 6.45) is 3.01. The van der Waals surface area contributed by atoms with Gasteiger partial charge in [-0.25, -0.2) is 0 Å². The highest BCUT2D eigenvalue weighted by molar-refractivity contribution is 6.35. The number of benzene rings is 3. The van der Waals surface area contributed by atoms with Gasteiger partial charge in [0.15, 0.2) is 0 Å². The largest absolute Gasteiger partial charge is 0.492 e. The summed E-state index contributed by atoms with van der Waals surface area (Å²) < 4.78 is 18.0. The van der Waals surface area contributed by atoms with E-state index in [-0.39, 0.29) is 26.4 Å². The van der Waals surface area contributed by atoms with Crippen LogP contribution in [-0.4, -0.2) is 52.7 Å². The van der Waals surface area contributed by atoms with Crippen LogP contribution in [0.5, 0.6) is 17.2 Å². The molecule has 11 heteroatoms. The van der Waals surface area contributed by atoms with Crippen LogP contribution in [0.25, 0.3) is 11.1 Å². The van der Waals surface area contributed by atoms with E-state index in [9.17, 15) is 10.2 Å². The first-order chi connectivity index (χ1) is 21.8. The van der Waals surface area contributed by atoms with E-state index in [1.54, 1.807) is 24.4 Å². The zero-order valence-electron chi connectivity index (χ0n) is 24.8. The maximum atomic E-state index is 9.87. The molecule has 0 aliphatic rings. The third-order valence-corrected chi connectivity index (χ3v) is 7.72. The van der Waals surface area contributed by atoms with Gasteiger partial charge in [-0.1, -0.05) is 53.5 Å². The smallest absolute Gasteiger partial charge is 0.142 e. The molecule has 4 aromatic rings. The highest BCUT2D eigenvalue weighted by Gasteiger charge is 2.16. The summed E-state index contributed by atoms with van der Waals surface area (Å²) in [4.78, 5) is 4.05. The average Bonchev–Trinajstić information content (AvgIpc) is 3.06. The fourth-order valence-corrected chi connectivity index (χ4v) is 5.09. The molecule has 236 valence electrons. The van der Waals surface area contributed by atoms with Crippen LogP contribution in [0.15, 0.2) is 67.0 Å². The molecule has 1 aromatic heterocycles. The van der Waals surface area contributed by atoms with Gasteiger partial charge in [0.25, 0.3) is 0 Å². The summed E-state index contributed by atoms with van der Waals surface area (Å²) in [5, 5.41) is 41.2. The minimum Gasteiger partial charge on any atom is -0.492 e. The third kappa shape index (κ3) is 9.31. The number of hydrogen-bond acceptors (Lipinski definition) is 9. The molecule has 0 fully saturated rings. The highest BCUT2D eigenvalue weighted by Crippen LogP contribution is 2.38. The second-order valence-corrected chi connectivity index (χ2v) is 11.1. The predicted molar refractivity (Wildman–Crippen MR) is 173 cm³/mol. The van der Waals surface area contributed by atoms with Gasteiger partial charge in [-0.15, -0.1) is 0 Å². The molecule has 45 heavy (non-hydrogen) atoms. The number of aromatic nitrogens is 1. The normalized spacial score (nSPS) is 11.6. The van der Waals surface area contributed by atoms with E-state index in [4.69, 9.17) is 47.8 Å². The Morgan fingerprint density at radius 1 is 0.911 bits per heavy atom.